The first-order chi connectivity index (χ1) is 18.9. The number of nitrogens with one attached hydrogen (secondary N) is 2. The first-order valence-electron chi connectivity index (χ1n) is 12.7. The summed E-state index contributed by atoms with van der Waals surface area (Å²) in [7, 11) is 3.16. The fourth-order valence-corrected chi connectivity index (χ4v) is 5.57. The Bertz CT molecular complexity index is 1570. The number of carbonyl (C=O) groups excluding carboxylic acids is 1. The topological polar surface area (TPSA) is 85.4 Å². The highest BCUT2D eigenvalue weighted by atomic mass is 32.2. The molecule has 0 spiro atoms. The van der Waals surface area contributed by atoms with Crippen molar-refractivity contribution >= 4 is 45.6 Å². The van der Waals surface area contributed by atoms with Gasteiger partial charge in [0.1, 0.15) is 16.9 Å². The number of hydrogen-bond acceptors (Lipinski definition) is 7. The molecule has 198 valence electrons. The van der Waals surface area contributed by atoms with Crippen molar-refractivity contribution in [2.24, 2.45) is 0 Å². The van der Waals surface area contributed by atoms with Crippen molar-refractivity contribution in [3.05, 3.63) is 83.8 Å². The number of anilines is 3. The van der Waals surface area contributed by atoms with Gasteiger partial charge in [0.2, 0.25) is 5.91 Å². The zero-order valence-electron chi connectivity index (χ0n) is 22.4. The van der Waals surface area contributed by atoms with E-state index in [0.717, 1.165) is 39.1 Å². The number of ether oxygens (including phenoxy) is 2. The average Bonchev–Trinajstić information content (AvgIpc) is 3.18. The first kappa shape index (κ1) is 26.7. The van der Waals surface area contributed by atoms with Crippen LogP contribution in [0.15, 0.2) is 71.9 Å². The Morgan fingerprint density at radius 3 is 2.49 bits per heavy atom. The monoisotopic (exact) mass is 538 g/mol. The molecule has 3 heterocycles. The van der Waals surface area contributed by atoms with Gasteiger partial charge in [-0.3, -0.25) is 4.79 Å². The summed E-state index contributed by atoms with van der Waals surface area (Å²) >= 11 is 1.83. The molecule has 0 radical (unpaired) electrons. The molecule has 2 aromatic carbocycles. The SMILES string of the molecule is COCC1(COC)C(=O)Nc2cc(C#Cc3nccc4cnc(Nc5ccc(SC(C)C)cc5)cc34)ccc21. The van der Waals surface area contributed by atoms with Gasteiger partial charge in [-0.05, 0) is 60.0 Å². The van der Waals surface area contributed by atoms with Gasteiger partial charge < -0.3 is 20.1 Å². The van der Waals surface area contributed by atoms with Crippen LogP contribution in [0.2, 0.25) is 0 Å². The van der Waals surface area contributed by atoms with Crippen LogP contribution < -0.4 is 10.6 Å². The quantitative estimate of drug-likeness (QED) is 0.218. The van der Waals surface area contributed by atoms with E-state index in [1.165, 1.54) is 4.90 Å². The normalized spacial score (nSPS) is 13.6. The van der Waals surface area contributed by atoms with Crippen molar-refractivity contribution in [1.82, 2.24) is 9.97 Å². The molecule has 0 saturated heterocycles. The molecule has 1 aliphatic heterocycles. The molecule has 7 nitrogen and oxygen atoms in total. The molecule has 39 heavy (non-hydrogen) atoms. The Morgan fingerprint density at radius 2 is 1.77 bits per heavy atom. The van der Waals surface area contributed by atoms with Crippen LogP contribution in [0.3, 0.4) is 0 Å². The summed E-state index contributed by atoms with van der Waals surface area (Å²) in [5, 5.41) is 8.74. The van der Waals surface area contributed by atoms with E-state index in [4.69, 9.17) is 9.47 Å². The Kier molecular flexibility index (Phi) is 7.84. The van der Waals surface area contributed by atoms with Gasteiger partial charge in [-0.2, -0.15) is 0 Å². The Labute approximate surface area is 232 Å². The molecule has 0 aliphatic carbocycles. The molecule has 0 fully saturated rings. The van der Waals surface area contributed by atoms with Crippen LogP contribution in [0.5, 0.6) is 0 Å². The van der Waals surface area contributed by atoms with Crippen LogP contribution in [-0.4, -0.2) is 48.6 Å². The van der Waals surface area contributed by atoms with E-state index >= 15 is 0 Å². The third-order valence-corrected chi connectivity index (χ3v) is 7.49. The second-order valence-corrected chi connectivity index (χ2v) is 11.3. The Balaban J connectivity index is 1.41. The molecular weight excluding hydrogens is 508 g/mol. The maximum absolute atomic E-state index is 12.9. The highest BCUT2D eigenvalue weighted by Crippen LogP contribution is 2.39. The number of pyridine rings is 2. The molecule has 2 aromatic heterocycles. The molecule has 1 amide bonds. The van der Waals surface area contributed by atoms with E-state index in [9.17, 15) is 4.79 Å². The summed E-state index contributed by atoms with van der Waals surface area (Å²) in [6.07, 6.45) is 3.56. The highest BCUT2D eigenvalue weighted by molar-refractivity contribution is 7.99. The van der Waals surface area contributed by atoms with Crippen LogP contribution >= 0.6 is 11.8 Å². The van der Waals surface area contributed by atoms with Crippen molar-refractivity contribution < 1.29 is 14.3 Å². The highest BCUT2D eigenvalue weighted by Gasteiger charge is 2.47. The van der Waals surface area contributed by atoms with E-state index < -0.39 is 5.41 Å². The van der Waals surface area contributed by atoms with Gasteiger partial charge in [-0.25, -0.2) is 9.97 Å². The summed E-state index contributed by atoms with van der Waals surface area (Å²) < 4.78 is 10.7. The van der Waals surface area contributed by atoms with Crippen LogP contribution in [0.4, 0.5) is 17.2 Å². The van der Waals surface area contributed by atoms with E-state index in [1.807, 2.05) is 48.3 Å². The number of amides is 1. The number of fused-ring (bicyclic) bond motifs is 2. The van der Waals surface area contributed by atoms with Gasteiger partial charge in [0.05, 0.1) is 13.2 Å². The second-order valence-electron chi connectivity index (χ2n) is 9.68. The van der Waals surface area contributed by atoms with E-state index in [1.54, 1.807) is 20.4 Å². The van der Waals surface area contributed by atoms with Crippen molar-refractivity contribution in [1.29, 1.82) is 0 Å². The zero-order chi connectivity index (χ0) is 27.4. The third kappa shape index (κ3) is 5.62. The standard InChI is InChI=1S/C31H30N4O3S/c1-20(2)39-24-9-7-23(8-10-24)34-29-16-25-22(17-33-29)13-14-32-27(25)12-6-21-5-11-26-28(15-21)35-30(36)31(26,18-37-3)19-38-4/h5,7-11,13-17,20H,18-19H2,1-4H3,(H,33,34)(H,35,36). The number of rotatable bonds is 8. The molecule has 0 atom stereocenters. The Morgan fingerprint density at radius 1 is 1.00 bits per heavy atom. The first-order valence-corrected chi connectivity index (χ1v) is 13.5. The lowest BCUT2D eigenvalue weighted by molar-refractivity contribution is -0.125. The minimum Gasteiger partial charge on any atom is -0.383 e. The molecular formula is C31H30N4O3S. The van der Waals surface area contributed by atoms with Crippen LogP contribution in [0, 0.1) is 11.8 Å². The van der Waals surface area contributed by atoms with Crippen molar-refractivity contribution in [3.8, 4) is 11.8 Å². The van der Waals surface area contributed by atoms with Crippen LogP contribution in [-0.2, 0) is 19.7 Å². The predicted molar refractivity (Wildman–Crippen MR) is 157 cm³/mol. The summed E-state index contributed by atoms with van der Waals surface area (Å²) in [6.45, 7) is 4.83. The third-order valence-electron chi connectivity index (χ3n) is 6.47. The van der Waals surface area contributed by atoms with Gasteiger partial charge in [-0.15, -0.1) is 11.8 Å². The number of carbonyl (C=O) groups is 1. The predicted octanol–water partition coefficient (Wildman–Crippen LogP) is 5.76. The van der Waals surface area contributed by atoms with Gasteiger partial charge in [0, 0.05) is 64.5 Å². The minimum atomic E-state index is -0.869. The maximum atomic E-state index is 12.9. The lowest BCUT2D eigenvalue weighted by Crippen LogP contribution is -2.43. The number of aromatic nitrogens is 2. The molecule has 1 aliphatic rings. The second kappa shape index (κ2) is 11.5. The Hall–Kier alpha value is -3.90. The molecule has 8 heteroatoms. The number of thioether (sulfide) groups is 1. The largest absolute Gasteiger partial charge is 0.383 e. The number of methoxy groups -OCH3 is 2. The average molecular weight is 539 g/mol. The lowest BCUT2D eigenvalue weighted by Gasteiger charge is -2.25. The number of hydrogen-bond donors (Lipinski definition) is 2. The van der Waals surface area contributed by atoms with Crippen molar-refractivity contribution in [2.45, 2.75) is 29.4 Å². The van der Waals surface area contributed by atoms with Gasteiger partial charge in [0.25, 0.3) is 0 Å². The summed E-state index contributed by atoms with van der Waals surface area (Å²) in [5.74, 6) is 7.00. The molecule has 5 rings (SSSR count). The molecule has 0 saturated carbocycles. The smallest absolute Gasteiger partial charge is 0.239 e. The van der Waals surface area contributed by atoms with Gasteiger partial charge >= 0.3 is 0 Å². The molecule has 0 unspecified atom stereocenters. The summed E-state index contributed by atoms with van der Waals surface area (Å²) in [5.41, 5.74) is 3.09. The molecule has 2 N–H and O–H groups in total. The van der Waals surface area contributed by atoms with Crippen molar-refractivity contribution in [2.75, 3.05) is 38.1 Å². The van der Waals surface area contributed by atoms with Gasteiger partial charge in [0.15, 0.2) is 0 Å². The van der Waals surface area contributed by atoms with Crippen LogP contribution in [0.1, 0.15) is 30.7 Å². The van der Waals surface area contributed by atoms with Crippen molar-refractivity contribution in [3.63, 3.8) is 0 Å². The molecule has 0 bridgehead atoms. The fourth-order valence-electron chi connectivity index (χ4n) is 4.73. The fraction of sp³-hybridized carbons (Fsp3) is 0.258. The van der Waals surface area contributed by atoms with E-state index in [2.05, 4.69) is 70.6 Å². The number of nitrogens with zero attached hydrogens (tertiary/aromatic N) is 2. The summed E-state index contributed by atoms with van der Waals surface area (Å²) in [4.78, 5) is 23.2. The minimum absolute atomic E-state index is 0.136. The maximum Gasteiger partial charge on any atom is 0.239 e. The zero-order valence-corrected chi connectivity index (χ0v) is 23.2. The number of benzene rings is 2. The van der Waals surface area contributed by atoms with Gasteiger partial charge in [-0.1, -0.05) is 25.8 Å². The van der Waals surface area contributed by atoms with E-state index in [0.29, 0.717) is 10.9 Å². The lowest BCUT2D eigenvalue weighted by atomic mass is 9.83. The summed E-state index contributed by atoms with van der Waals surface area (Å²) in [6, 6.07) is 17.9. The van der Waals surface area contributed by atoms with E-state index in [-0.39, 0.29) is 19.1 Å². The molecule has 4 aromatic rings. The van der Waals surface area contributed by atoms with Crippen LogP contribution in [0.25, 0.3) is 10.8 Å².